The van der Waals surface area contributed by atoms with Gasteiger partial charge in [-0.25, -0.2) is 0 Å². The van der Waals surface area contributed by atoms with Crippen LogP contribution in [0.2, 0.25) is 0 Å². The first-order valence-electron chi connectivity index (χ1n) is 9.12. The minimum Gasteiger partial charge on any atom is -0.350 e. The van der Waals surface area contributed by atoms with E-state index in [1.807, 2.05) is 61.5 Å². The van der Waals surface area contributed by atoms with E-state index in [1.165, 1.54) is 4.90 Å². The summed E-state index contributed by atoms with van der Waals surface area (Å²) in [5.74, 6) is -0.672. The Morgan fingerprint density at radius 2 is 1.79 bits per heavy atom. The van der Waals surface area contributed by atoms with E-state index in [4.69, 9.17) is 0 Å². The van der Waals surface area contributed by atoms with Crippen LogP contribution in [0.25, 0.3) is 5.57 Å². The first-order valence-corrected chi connectivity index (χ1v) is 9.91. The summed E-state index contributed by atoms with van der Waals surface area (Å²) in [7, 11) is 0. The van der Waals surface area contributed by atoms with E-state index in [-0.39, 0.29) is 24.1 Å². The Morgan fingerprint density at radius 1 is 1.00 bits per heavy atom. The van der Waals surface area contributed by atoms with Gasteiger partial charge in [-0.1, -0.05) is 57.9 Å². The summed E-state index contributed by atoms with van der Waals surface area (Å²) in [5.41, 5.74) is 3.96. The lowest BCUT2D eigenvalue weighted by Crippen LogP contribution is -2.32. The maximum Gasteiger partial charge on any atom is 0.278 e. The van der Waals surface area contributed by atoms with Gasteiger partial charge in [-0.05, 0) is 42.3 Å². The molecule has 5 nitrogen and oxygen atoms in total. The van der Waals surface area contributed by atoms with Crippen LogP contribution in [0, 0.1) is 6.92 Å². The van der Waals surface area contributed by atoms with Crippen LogP contribution in [-0.4, -0.2) is 21.7 Å². The van der Waals surface area contributed by atoms with Crippen molar-refractivity contribution < 1.29 is 9.59 Å². The van der Waals surface area contributed by atoms with Gasteiger partial charge < -0.3 is 5.32 Å². The van der Waals surface area contributed by atoms with Gasteiger partial charge in [0.2, 0.25) is 0 Å². The van der Waals surface area contributed by atoms with Crippen molar-refractivity contribution in [2.24, 2.45) is 0 Å². The molecule has 0 saturated heterocycles. The first kappa shape index (κ1) is 19.1. The molecule has 2 aromatic carbocycles. The van der Waals surface area contributed by atoms with Gasteiger partial charge in [0.05, 0.1) is 12.1 Å². The highest BCUT2D eigenvalue weighted by Crippen LogP contribution is 2.32. The average Bonchev–Trinajstić information content (AvgIpc) is 2.94. The number of aryl methyl sites for hydroxylation is 1. The Bertz CT molecular complexity index is 1110. The minimum atomic E-state index is -0.352. The van der Waals surface area contributed by atoms with Crippen LogP contribution in [0.15, 0.2) is 83.2 Å². The Kier molecular flexibility index (Phi) is 5.27. The molecule has 2 amide bonds. The fourth-order valence-corrected chi connectivity index (χ4v) is 3.61. The number of anilines is 1. The highest BCUT2D eigenvalue weighted by atomic mass is 79.9. The van der Waals surface area contributed by atoms with E-state index in [2.05, 4.69) is 26.2 Å². The Hall–Kier alpha value is -3.25. The molecule has 4 rings (SSSR count). The second kappa shape index (κ2) is 8.01. The van der Waals surface area contributed by atoms with Crippen molar-refractivity contribution in [3.8, 4) is 0 Å². The maximum absolute atomic E-state index is 13.3. The fraction of sp³-hybridized carbons (Fsp3) is 0.0870. The number of hydrogen-bond acceptors (Lipinski definition) is 4. The standard InChI is InChI=1S/C23H18BrN3O2/c1-15-7-9-17(10-8-15)20-21(26-19-6-2-5-18(24)12-19)23(29)27(22(20)28)14-16-4-3-11-25-13-16/h2-13,26H,14H2,1H3. The molecule has 0 spiro atoms. The van der Waals surface area contributed by atoms with Crippen molar-refractivity contribution in [2.75, 3.05) is 5.32 Å². The number of halogens is 1. The molecule has 2 heterocycles. The van der Waals surface area contributed by atoms with E-state index >= 15 is 0 Å². The zero-order chi connectivity index (χ0) is 20.4. The van der Waals surface area contributed by atoms with E-state index in [0.29, 0.717) is 11.1 Å². The number of benzene rings is 2. The smallest absolute Gasteiger partial charge is 0.278 e. The predicted molar refractivity (Wildman–Crippen MR) is 116 cm³/mol. The number of amides is 2. The summed E-state index contributed by atoms with van der Waals surface area (Å²) >= 11 is 3.44. The molecule has 0 saturated carbocycles. The molecule has 0 aliphatic carbocycles. The van der Waals surface area contributed by atoms with Crippen molar-refractivity contribution in [3.63, 3.8) is 0 Å². The number of nitrogens with zero attached hydrogens (tertiary/aromatic N) is 2. The van der Waals surface area contributed by atoms with Gasteiger partial charge in [0, 0.05) is 22.6 Å². The van der Waals surface area contributed by atoms with Crippen molar-refractivity contribution in [1.29, 1.82) is 0 Å². The van der Waals surface area contributed by atoms with Crippen LogP contribution in [0.4, 0.5) is 5.69 Å². The first-order chi connectivity index (χ1) is 14.0. The van der Waals surface area contributed by atoms with Gasteiger partial charge in [0.1, 0.15) is 5.70 Å². The Balaban J connectivity index is 1.75. The summed E-state index contributed by atoms with van der Waals surface area (Å²) in [4.78, 5) is 31.8. The molecule has 0 atom stereocenters. The molecule has 0 fully saturated rings. The zero-order valence-corrected chi connectivity index (χ0v) is 17.3. The number of pyridine rings is 1. The molecule has 29 heavy (non-hydrogen) atoms. The summed E-state index contributed by atoms with van der Waals surface area (Å²) in [6.45, 7) is 2.15. The maximum atomic E-state index is 13.3. The second-order valence-electron chi connectivity index (χ2n) is 6.81. The van der Waals surface area contributed by atoms with Crippen LogP contribution in [0.3, 0.4) is 0 Å². The lowest BCUT2D eigenvalue weighted by atomic mass is 10.0. The van der Waals surface area contributed by atoms with Crippen molar-refractivity contribution in [2.45, 2.75) is 13.5 Å². The monoisotopic (exact) mass is 447 g/mol. The van der Waals surface area contributed by atoms with E-state index in [1.54, 1.807) is 18.5 Å². The number of carbonyl (C=O) groups excluding carboxylic acids is 2. The number of aromatic nitrogens is 1. The third-order valence-electron chi connectivity index (χ3n) is 4.67. The van der Waals surface area contributed by atoms with Gasteiger partial charge in [-0.3, -0.25) is 19.5 Å². The number of imide groups is 1. The lowest BCUT2D eigenvalue weighted by Gasteiger charge is -2.15. The third-order valence-corrected chi connectivity index (χ3v) is 5.16. The quantitative estimate of drug-likeness (QED) is 0.582. The molecule has 1 aliphatic rings. The lowest BCUT2D eigenvalue weighted by molar-refractivity contribution is -0.137. The molecule has 1 aliphatic heterocycles. The molecule has 1 aromatic heterocycles. The highest BCUT2D eigenvalue weighted by molar-refractivity contribution is 9.10. The molecular formula is C23H18BrN3O2. The average molecular weight is 448 g/mol. The SMILES string of the molecule is Cc1ccc(C2=C(Nc3cccc(Br)c3)C(=O)N(Cc3cccnc3)C2=O)cc1. The normalized spacial score (nSPS) is 13.9. The van der Waals surface area contributed by atoms with Crippen molar-refractivity contribution in [3.05, 3.63) is 99.9 Å². The molecule has 6 heteroatoms. The minimum absolute atomic E-state index is 0.171. The number of carbonyl (C=O) groups is 2. The van der Waals surface area contributed by atoms with Crippen LogP contribution < -0.4 is 5.32 Å². The van der Waals surface area contributed by atoms with Gasteiger partial charge in [-0.2, -0.15) is 0 Å². The van der Waals surface area contributed by atoms with Crippen LogP contribution >= 0.6 is 15.9 Å². The highest BCUT2D eigenvalue weighted by Gasteiger charge is 2.39. The van der Waals surface area contributed by atoms with E-state index < -0.39 is 0 Å². The molecule has 0 unspecified atom stereocenters. The van der Waals surface area contributed by atoms with E-state index in [0.717, 1.165) is 21.3 Å². The molecule has 3 aromatic rings. The number of rotatable bonds is 5. The number of nitrogens with one attached hydrogen (secondary N) is 1. The van der Waals surface area contributed by atoms with Crippen molar-refractivity contribution in [1.82, 2.24) is 9.88 Å². The largest absolute Gasteiger partial charge is 0.350 e. The van der Waals surface area contributed by atoms with Crippen LogP contribution in [0.5, 0.6) is 0 Å². The molecule has 0 radical (unpaired) electrons. The molecule has 1 N–H and O–H groups in total. The summed E-state index contributed by atoms with van der Waals surface area (Å²) in [5, 5.41) is 3.16. The Labute approximate surface area is 177 Å². The van der Waals surface area contributed by atoms with Gasteiger partial charge in [-0.15, -0.1) is 0 Å². The summed E-state index contributed by atoms with van der Waals surface area (Å²) in [6.07, 6.45) is 3.32. The van der Waals surface area contributed by atoms with Crippen LogP contribution in [-0.2, 0) is 16.1 Å². The zero-order valence-electron chi connectivity index (χ0n) is 15.7. The van der Waals surface area contributed by atoms with Crippen molar-refractivity contribution >= 4 is 39.0 Å². The third kappa shape index (κ3) is 3.98. The molecule has 144 valence electrons. The van der Waals surface area contributed by atoms with Crippen LogP contribution in [0.1, 0.15) is 16.7 Å². The van der Waals surface area contributed by atoms with E-state index in [9.17, 15) is 9.59 Å². The summed E-state index contributed by atoms with van der Waals surface area (Å²) in [6, 6.07) is 18.7. The molecule has 0 bridgehead atoms. The predicted octanol–water partition coefficient (Wildman–Crippen LogP) is 4.54. The number of hydrogen-bond donors (Lipinski definition) is 1. The Morgan fingerprint density at radius 3 is 2.48 bits per heavy atom. The fourth-order valence-electron chi connectivity index (χ4n) is 3.21. The van der Waals surface area contributed by atoms with Gasteiger partial charge >= 0.3 is 0 Å². The molecular weight excluding hydrogens is 430 g/mol. The van der Waals surface area contributed by atoms with Gasteiger partial charge in [0.25, 0.3) is 11.8 Å². The topological polar surface area (TPSA) is 62.3 Å². The van der Waals surface area contributed by atoms with Gasteiger partial charge in [0.15, 0.2) is 0 Å². The summed E-state index contributed by atoms with van der Waals surface area (Å²) < 4.78 is 0.879. The second-order valence-corrected chi connectivity index (χ2v) is 7.72.